The van der Waals surface area contributed by atoms with E-state index in [9.17, 15) is 22.4 Å². The lowest BCUT2D eigenvalue weighted by atomic mass is 10.0. The number of anilines is 2. The summed E-state index contributed by atoms with van der Waals surface area (Å²) >= 11 is 0. The van der Waals surface area contributed by atoms with Crippen LogP contribution >= 0.6 is 0 Å². The number of ether oxygens (including phenoxy) is 1. The molecule has 0 spiro atoms. The van der Waals surface area contributed by atoms with Gasteiger partial charge in [-0.15, -0.1) is 0 Å². The third-order valence-corrected chi connectivity index (χ3v) is 5.69. The number of carbonyl (C=O) groups excluding carboxylic acids is 1. The summed E-state index contributed by atoms with van der Waals surface area (Å²) in [6.07, 6.45) is 4.86. The molecule has 0 aliphatic carbocycles. The smallest absolute Gasteiger partial charge is 0.387 e. The van der Waals surface area contributed by atoms with Crippen molar-refractivity contribution in [3.8, 4) is 17.0 Å². The zero-order valence-corrected chi connectivity index (χ0v) is 19.9. The first kappa shape index (κ1) is 25.9. The molecule has 2 aromatic carbocycles. The summed E-state index contributed by atoms with van der Waals surface area (Å²) in [5.74, 6) is -3.67. The molecule has 194 valence electrons. The van der Waals surface area contributed by atoms with E-state index in [2.05, 4.69) is 25.3 Å². The van der Waals surface area contributed by atoms with Crippen LogP contribution in [0.15, 0.2) is 48.9 Å². The van der Waals surface area contributed by atoms with Crippen LogP contribution in [0.1, 0.15) is 29.8 Å². The van der Waals surface area contributed by atoms with Crippen LogP contribution < -0.4 is 21.1 Å². The molecule has 0 bridgehead atoms. The van der Waals surface area contributed by atoms with Crippen LogP contribution in [0.25, 0.3) is 16.9 Å². The minimum Gasteiger partial charge on any atom is -0.432 e. The number of imidazole rings is 1. The normalized spacial score (nSPS) is 12.1. The number of fused-ring (bicyclic) bond motifs is 1. The highest BCUT2D eigenvalue weighted by Gasteiger charge is 2.21. The van der Waals surface area contributed by atoms with E-state index in [0.29, 0.717) is 35.7 Å². The topological polar surface area (TPSA) is 107 Å². The number of amides is 1. The number of aryl methyl sites for hydroxylation is 1. The Labute approximate surface area is 209 Å². The van der Waals surface area contributed by atoms with Crippen molar-refractivity contribution in [2.75, 3.05) is 11.9 Å². The van der Waals surface area contributed by atoms with Crippen molar-refractivity contribution < 1.29 is 27.1 Å². The standard InChI is InChI=1S/C25H24F4N6O2/c1-3-14-10-15(4-5-16(14)24(36)33-13(2)11-30)34-22-23-32-12-18(35(23)9-8-31-22)17-6-7-19(37-25(28)29)21(27)20(17)26/h4-10,12-13,25H,3,11,30H2,1-2H3,(H,31,34)(H,33,36). The number of hydrogen-bond donors (Lipinski definition) is 3. The first-order valence-corrected chi connectivity index (χ1v) is 11.4. The number of halogens is 4. The Kier molecular flexibility index (Phi) is 7.58. The number of rotatable bonds is 9. The van der Waals surface area contributed by atoms with Crippen molar-refractivity contribution in [2.24, 2.45) is 5.73 Å². The Bertz CT molecular complexity index is 1440. The highest BCUT2D eigenvalue weighted by atomic mass is 19.3. The number of carbonyl (C=O) groups is 1. The van der Waals surface area contributed by atoms with Gasteiger partial charge in [0.2, 0.25) is 5.82 Å². The van der Waals surface area contributed by atoms with Crippen molar-refractivity contribution in [1.29, 1.82) is 0 Å². The van der Waals surface area contributed by atoms with Gasteiger partial charge in [-0.05, 0) is 49.2 Å². The van der Waals surface area contributed by atoms with E-state index in [-0.39, 0.29) is 23.2 Å². The number of nitrogens with zero attached hydrogens (tertiary/aromatic N) is 3. The minimum atomic E-state index is -3.29. The molecule has 12 heteroatoms. The first-order valence-electron chi connectivity index (χ1n) is 11.4. The van der Waals surface area contributed by atoms with Crippen LogP contribution in [0.2, 0.25) is 0 Å². The van der Waals surface area contributed by atoms with E-state index in [1.807, 2.05) is 19.9 Å². The molecule has 37 heavy (non-hydrogen) atoms. The number of aromatic nitrogens is 3. The second-order valence-corrected chi connectivity index (χ2v) is 8.19. The Balaban J connectivity index is 1.66. The molecule has 0 saturated carbocycles. The van der Waals surface area contributed by atoms with Crippen molar-refractivity contribution in [3.63, 3.8) is 0 Å². The SMILES string of the molecule is CCc1cc(Nc2nccn3c(-c4ccc(OC(F)F)c(F)c4F)cnc23)ccc1C(=O)NC(C)CN. The van der Waals surface area contributed by atoms with Gasteiger partial charge in [0.05, 0.1) is 11.9 Å². The Morgan fingerprint density at radius 3 is 2.65 bits per heavy atom. The van der Waals surface area contributed by atoms with Gasteiger partial charge in [-0.1, -0.05) is 6.92 Å². The lowest BCUT2D eigenvalue weighted by Crippen LogP contribution is -2.38. The molecule has 1 atom stereocenters. The van der Waals surface area contributed by atoms with Crippen LogP contribution in [0.4, 0.5) is 29.1 Å². The second kappa shape index (κ2) is 10.8. The van der Waals surface area contributed by atoms with Gasteiger partial charge in [0.25, 0.3) is 5.91 Å². The monoisotopic (exact) mass is 516 g/mol. The molecule has 1 unspecified atom stereocenters. The fraction of sp³-hybridized carbons (Fsp3) is 0.240. The number of hydrogen-bond acceptors (Lipinski definition) is 6. The van der Waals surface area contributed by atoms with Gasteiger partial charge in [-0.25, -0.2) is 14.4 Å². The van der Waals surface area contributed by atoms with Crippen LogP contribution in [0.5, 0.6) is 5.75 Å². The molecule has 0 aliphatic heterocycles. The predicted molar refractivity (Wildman–Crippen MR) is 130 cm³/mol. The molecule has 2 heterocycles. The molecule has 0 saturated heterocycles. The van der Waals surface area contributed by atoms with Gasteiger partial charge in [0.15, 0.2) is 23.0 Å². The lowest BCUT2D eigenvalue weighted by molar-refractivity contribution is -0.0525. The van der Waals surface area contributed by atoms with Crippen LogP contribution in [-0.4, -0.2) is 39.5 Å². The molecule has 4 aromatic rings. The Morgan fingerprint density at radius 2 is 1.95 bits per heavy atom. The fourth-order valence-corrected chi connectivity index (χ4v) is 3.81. The van der Waals surface area contributed by atoms with E-state index in [1.165, 1.54) is 23.0 Å². The highest BCUT2D eigenvalue weighted by molar-refractivity contribution is 5.96. The number of benzene rings is 2. The van der Waals surface area contributed by atoms with E-state index in [4.69, 9.17) is 5.73 Å². The predicted octanol–water partition coefficient (Wildman–Crippen LogP) is 4.66. The molecular weight excluding hydrogens is 492 g/mol. The maximum absolute atomic E-state index is 14.7. The number of nitrogens with one attached hydrogen (secondary N) is 2. The Hall–Kier alpha value is -4.19. The van der Waals surface area contributed by atoms with Crippen LogP contribution in [0.3, 0.4) is 0 Å². The molecule has 4 N–H and O–H groups in total. The van der Waals surface area contributed by atoms with Crippen LogP contribution in [-0.2, 0) is 6.42 Å². The molecule has 2 aromatic heterocycles. The summed E-state index contributed by atoms with van der Waals surface area (Å²) in [5, 5.41) is 5.98. The third kappa shape index (κ3) is 5.33. The molecule has 0 radical (unpaired) electrons. The van der Waals surface area contributed by atoms with Crippen molar-refractivity contribution in [3.05, 3.63) is 71.7 Å². The van der Waals surface area contributed by atoms with Crippen molar-refractivity contribution in [2.45, 2.75) is 32.9 Å². The molecule has 8 nitrogen and oxygen atoms in total. The van der Waals surface area contributed by atoms with E-state index >= 15 is 0 Å². The summed E-state index contributed by atoms with van der Waals surface area (Å²) in [7, 11) is 0. The number of nitrogens with two attached hydrogens (primary N) is 1. The zero-order chi connectivity index (χ0) is 26.7. The second-order valence-electron chi connectivity index (χ2n) is 8.19. The van der Waals surface area contributed by atoms with Crippen molar-refractivity contribution >= 4 is 23.1 Å². The number of alkyl halides is 2. The average molecular weight is 516 g/mol. The summed E-state index contributed by atoms with van der Waals surface area (Å²) in [4.78, 5) is 21.2. The molecule has 1 amide bonds. The lowest BCUT2D eigenvalue weighted by Gasteiger charge is -2.15. The first-order chi connectivity index (χ1) is 17.7. The quantitative estimate of drug-likeness (QED) is 0.280. The van der Waals surface area contributed by atoms with Gasteiger partial charge in [-0.3, -0.25) is 9.20 Å². The van der Waals surface area contributed by atoms with Crippen LogP contribution in [0, 0.1) is 11.6 Å². The molecule has 4 rings (SSSR count). The summed E-state index contributed by atoms with van der Waals surface area (Å²) in [6, 6.07) is 7.12. The summed E-state index contributed by atoms with van der Waals surface area (Å²) in [6.45, 7) is 0.768. The minimum absolute atomic E-state index is 0.169. The maximum atomic E-state index is 14.7. The van der Waals surface area contributed by atoms with E-state index < -0.39 is 24.0 Å². The largest absolute Gasteiger partial charge is 0.432 e. The van der Waals surface area contributed by atoms with Gasteiger partial charge < -0.3 is 21.1 Å². The van der Waals surface area contributed by atoms with E-state index in [1.54, 1.807) is 12.1 Å². The molecule has 0 aliphatic rings. The maximum Gasteiger partial charge on any atom is 0.387 e. The van der Waals surface area contributed by atoms with Gasteiger partial charge in [0, 0.05) is 41.8 Å². The summed E-state index contributed by atoms with van der Waals surface area (Å²) < 4.78 is 59.4. The molecular formula is C25H24F4N6O2. The fourth-order valence-electron chi connectivity index (χ4n) is 3.81. The van der Waals surface area contributed by atoms with Gasteiger partial charge in [0.1, 0.15) is 0 Å². The average Bonchev–Trinajstić information content (AvgIpc) is 3.31. The third-order valence-electron chi connectivity index (χ3n) is 5.69. The van der Waals surface area contributed by atoms with Crippen molar-refractivity contribution in [1.82, 2.24) is 19.7 Å². The molecule has 0 fully saturated rings. The van der Waals surface area contributed by atoms with E-state index in [0.717, 1.165) is 17.7 Å². The highest BCUT2D eigenvalue weighted by Crippen LogP contribution is 2.32. The van der Waals surface area contributed by atoms with Gasteiger partial charge >= 0.3 is 6.61 Å². The zero-order valence-electron chi connectivity index (χ0n) is 19.9. The summed E-state index contributed by atoms with van der Waals surface area (Å²) in [5.41, 5.74) is 7.84. The van der Waals surface area contributed by atoms with Gasteiger partial charge in [-0.2, -0.15) is 13.2 Å². The Morgan fingerprint density at radius 1 is 1.16 bits per heavy atom.